The molecule has 0 saturated heterocycles. The minimum absolute atomic E-state index is 0.501. The Kier molecular flexibility index (Phi) is 5.68. The molecule has 244 valence electrons. The molecule has 1 aliphatic heterocycles. The first-order valence-corrected chi connectivity index (χ1v) is 18.9. The fraction of sp³-hybridized carbons (Fsp3) is 0.0200. The van der Waals surface area contributed by atoms with Gasteiger partial charge in [0.2, 0.25) is 0 Å². The summed E-state index contributed by atoms with van der Waals surface area (Å²) in [5.74, 6) is 0. The van der Waals surface area contributed by atoms with Crippen molar-refractivity contribution in [3.05, 3.63) is 198 Å². The van der Waals surface area contributed by atoms with Crippen LogP contribution in [0.4, 0.5) is 0 Å². The van der Waals surface area contributed by atoms with E-state index in [0.29, 0.717) is 5.56 Å². The van der Waals surface area contributed by atoms with Crippen molar-refractivity contribution >= 4 is 53.3 Å². The number of nitrogens with zero attached hydrogens (tertiary/aromatic N) is 2. The monoisotopic (exact) mass is 688 g/mol. The first kappa shape index (κ1) is 28.9. The molecule has 2 aromatic heterocycles. The lowest BCUT2D eigenvalue weighted by Gasteiger charge is -2.39. The van der Waals surface area contributed by atoms with E-state index in [4.69, 9.17) is 0 Å². The van der Waals surface area contributed by atoms with E-state index in [1.165, 1.54) is 92.2 Å². The van der Waals surface area contributed by atoms with Crippen LogP contribution in [0.5, 0.6) is 0 Å². The van der Waals surface area contributed by atoms with Crippen molar-refractivity contribution in [2.24, 2.45) is 0 Å². The highest BCUT2D eigenvalue weighted by Crippen LogP contribution is 2.61. The predicted molar refractivity (Wildman–Crippen MR) is 220 cm³/mol. The lowest BCUT2D eigenvalue weighted by molar-refractivity contribution is 0.749. The smallest absolute Gasteiger partial charge is 0.0991 e. The normalized spacial score (nSPS) is 15.2. The highest BCUT2D eigenvalue weighted by atomic mass is 32.1. The molecule has 1 unspecified atom stereocenters. The molecule has 12 rings (SSSR count). The van der Waals surface area contributed by atoms with Crippen LogP contribution in [0.15, 0.2) is 170 Å². The van der Waals surface area contributed by atoms with Crippen LogP contribution in [-0.2, 0) is 5.41 Å². The van der Waals surface area contributed by atoms with E-state index in [1.807, 2.05) is 29.5 Å². The summed E-state index contributed by atoms with van der Waals surface area (Å²) in [7, 11) is 0. The van der Waals surface area contributed by atoms with Crippen LogP contribution in [0.3, 0.4) is 0 Å². The van der Waals surface area contributed by atoms with Gasteiger partial charge >= 0.3 is 0 Å². The van der Waals surface area contributed by atoms with E-state index >= 15 is 0 Å². The number of hydrogen-bond acceptors (Lipinski definition) is 2. The third kappa shape index (κ3) is 3.66. The van der Waals surface area contributed by atoms with Crippen molar-refractivity contribution in [1.82, 2.24) is 4.57 Å². The molecular weight excluding hydrogens is 661 g/mol. The topological polar surface area (TPSA) is 28.7 Å². The van der Waals surface area contributed by atoms with Crippen molar-refractivity contribution < 1.29 is 0 Å². The number of fused-ring (bicyclic) bond motifs is 16. The summed E-state index contributed by atoms with van der Waals surface area (Å²) in [5.41, 5.74) is 16.4. The highest BCUT2D eigenvalue weighted by Gasteiger charge is 2.50. The molecule has 8 aromatic carbocycles. The summed E-state index contributed by atoms with van der Waals surface area (Å²) in [4.78, 5) is 0. The lowest BCUT2D eigenvalue weighted by atomic mass is 9.65. The maximum absolute atomic E-state index is 9.47. The zero-order valence-electron chi connectivity index (χ0n) is 28.5. The molecule has 1 spiro atoms. The van der Waals surface area contributed by atoms with Gasteiger partial charge in [0.1, 0.15) is 0 Å². The van der Waals surface area contributed by atoms with Gasteiger partial charge in [-0.3, -0.25) is 0 Å². The molecule has 10 aromatic rings. The molecule has 0 N–H and O–H groups in total. The lowest BCUT2D eigenvalue weighted by Crippen LogP contribution is -2.33. The van der Waals surface area contributed by atoms with E-state index in [-0.39, 0.29) is 0 Å². The van der Waals surface area contributed by atoms with E-state index in [9.17, 15) is 5.26 Å². The first-order chi connectivity index (χ1) is 26.2. The maximum atomic E-state index is 9.47. The van der Waals surface area contributed by atoms with Gasteiger partial charge in [-0.2, -0.15) is 5.26 Å². The Balaban J connectivity index is 1.15. The predicted octanol–water partition coefficient (Wildman–Crippen LogP) is 13.0. The van der Waals surface area contributed by atoms with E-state index in [0.717, 1.165) is 11.1 Å². The van der Waals surface area contributed by atoms with Crippen molar-refractivity contribution in [1.29, 1.82) is 5.26 Å². The van der Waals surface area contributed by atoms with Crippen LogP contribution < -0.4 is 0 Å². The molecule has 0 fully saturated rings. The second-order valence-corrected chi connectivity index (χ2v) is 15.4. The van der Waals surface area contributed by atoms with Gasteiger partial charge in [-0.1, -0.05) is 133 Å². The molecule has 2 aliphatic rings. The molecule has 53 heavy (non-hydrogen) atoms. The second-order valence-electron chi connectivity index (χ2n) is 14.3. The number of nitriles is 1. The average molecular weight is 689 g/mol. The van der Waals surface area contributed by atoms with E-state index < -0.39 is 5.41 Å². The second kappa shape index (κ2) is 10.4. The SMILES string of the molecule is N#Cc1cccc(-c2ccc(-c3ccc4c(c3)C3(c5ccccc5-4)c4ccccc4-n4c5ccc6c7ccccc7sc6c5c5cccc3c54)cc2)c1. The number of aromatic nitrogens is 1. The Hall–Kier alpha value is -6.73. The summed E-state index contributed by atoms with van der Waals surface area (Å²) in [6.45, 7) is 0. The molecule has 0 saturated carbocycles. The standard InChI is InChI=1S/C50H28N2S/c51-29-30-9-7-10-33(27-30)31-19-21-32(22-20-31)34-23-24-36-35-11-1-3-14-40(35)50(43(36)28-34)41-15-4-5-17-44(41)52-45-26-25-38-37-12-2-6-18-46(37)53-49(38)47(45)39-13-8-16-42(50)48(39)52/h1-28H. The van der Waals surface area contributed by atoms with Gasteiger partial charge in [0.25, 0.3) is 0 Å². The summed E-state index contributed by atoms with van der Waals surface area (Å²) in [6, 6.07) is 64.6. The molecular formula is C50H28N2S. The number of para-hydroxylation sites is 2. The Labute approximate surface area is 310 Å². The van der Waals surface area contributed by atoms with Gasteiger partial charge in [-0.15, -0.1) is 11.3 Å². The van der Waals surface area contributed by atoms with Gasteiger partial charge < -0.3 is 4.57 Å². The van der Waals surface area contributed by atoms with Crippen LogP contribution in [0.2, 0.25) is 0 Å². The van der Waals surface area contributed by atoms with Crippen molar-refractivity contribution in [2.75, 3.05) is 0 Å². The highest BCUT2D eigenvalue weighted by molar-refractivity contribution is 7.26. The van der Waals surface area contributed by atoms with Gasteiger partial charge in [0, 0.05) is 30.9 Å². The fourth-order valence-corrected chi connectivity index (χ4v) is 10.9. The number of benzene rings is 8. The fourth-order valence-electron chi connectivity index (χ4n) is 9.68. The first-order valence-electron chi connectivity index (χ1n) is 18.1. The Bertz CT molecular complexity index is 3240. The van der Waals surface area contributed by atoms with Crippen LogP contribution in [0, 0.1) is 11.3 Å². The summed E-state index contributed by atoms with van der Waals surface area (Å²) < 4.78 is 5.23. The zero-order chi connectivity index (χ0) is 34.8. The third-order valence-corrected chi connectivity index (χ3v) is 13.0. The van der Waals surface area contributed by atoms with Crippen molar-refractivity contribution in [2.45, 2.75) is 5.41 Å². The maximum Gasteiger partial charge on any atom is 0.0991 e. The quantitative estimate of drug-likeness (QED) is 0.178. The summed E-state index contributed by atoms with van der Waals surface area (Å²) in [5, 5.41) is 14.8. The molecule has 0 amide bonds. The molecule has 3 heteroatoms. The van der Waals surface area contributed by atoms with Crippen LogP contribution in [0.1, 0.15) is 27.8 Å². The minimum Gasteiger partial charge on any atom is -0.309 e. The van der Waals surface area contributed by atoms with E-state index in [2.05, 4.69) is 162 Å². The number of thiophene rings is 1. The molecule has 2 nitrogen and oxygen atoms in total. The molecule has 1 atom stereocenters. The van der Waals surface area contributed by atoms with Crippen LogP contribution in [-0.4, -0.2) is 4.57 Å². The molecule has 1 aliphatic carbocycles. The molecule has 0 radical (unpaired) electrons. The largest absolute Gasteiger partial charge is 0.309 e. The Morgan fingerprint density at radius 2 is 1.17 bits per heavy atom. The number of rotatable bonds is 2. The van der Waals surface area contributed by atoms with Gasteiger partial charge in [0.15, 0.2) is 0 Å². The van der Waals surface area contributed by atoms with Gasteiger partial charge in [-0.25, -0.2) is 0 Å². The molecule has 3 heterocycles. The van der Waals surface area contributed by atoms with Crippen molar-refractivity contribution in [3.63, 3.8) is 0 Å². The zero-order valence-corrected chi connectivity index (χ0v) is 29.3. The Morgan fingerprint density at radius 1 is 0.491 bits per heavy atom. The van der Waals surface area contributed by atoms with Gasteiger partial charge in [-0.05, 0) is 92.0 Å². The average Bonchev–Trinajstić information content (AvgIpc) is 3.87. The van der Waals surface area contributed by atoms with Crippen LogP contribution >= 0.6 is 11.3 Å². The van der Waals surface area contributed by atoms with Gasteiger partial charge in [0.05, 0.1) is 33.8 Å². The Morgan fingerprint density at radius 3 is 2.04 bits per heavy atom. The van der Waals surface area contributed by atoms with E-state index in [1.54, 1.807) is 0 Å². The molecule has 0 bridgehead atoms. The van der Waals surface area contributed by atoms with Crippen molar-refractivity contribution in [3.8, 4) is 45.1 Å². The summed E-state index contributed by atoms with van der Waals surface area (Å²) >= 11 is 1.91. The van der Waals surface area contributed by atoms with Crippen LogP contribution in [0.25, 0.3) is 81.0 Å². The minimum atomic E-state index is -0.501. The number of hydrogen-bond donors (Lipinski definition) is 0. The third-order valence-electron chi connectivity index (χ3n) is 11.8. The summed E-state index contributed by atoms with van der Waals surface area (Å²) in [6.07, 6.45) is 0.